The van der Waals surface area contributed by atoms with Crippen LogP contribution in [-0.2, 0) is 13.2 Å². The first kappa shape index (κ1) is 37.4. The Labute approximate surface area is 313 Å². The highest BCUT2D eigenvalue weighted by Crippen LogP contribution is 2.37. The smallest absolute Gasteiger partial charge is 0.335 e. The van der Waals surface area contributed by atoms with Crippen LogP contribution >= 0.6 is 36.4 Å². The molecule has 0 bridgehead atoms. The van der Waals surface area contributed by atoms with Crippen molar-refractivity contribution in [1.29, 1.82) is 0 Å². The van der Waals surface area contributed by atoms with Crippen LogP contribution in [0, 0.1) is 0 Å². The first-order valence-electron chi connectivity index (χ1n) is 16.5. The van der Waals surface area contributed by atoms with Gasteiger partial charge in [-0.1, -0.05) is 55.1 Å². The minimum absolute atomic E-state index is 0. The van der Waals surface area contributed by atoms with Gasteiger partial charge in [0.1, 0.15) is 18.2 Å². The van der Waals surface area contributed by atoms with Crippen molar-refractivity contribution in [3.8, 4) is 28.3 Å². The third kappa shape index (κ3) is 8.53. The second-order valence-electron chi connectivity index (χ2n) is 12.3. The van der Waals surface area contributed by atoms with E-state index in [0.717, 1.165) is 65.0 Å². The van der Waals surface area contributed by atoms with E-state index in [-0.39, 0.29) is 42.9 Å². The van der Waals surface area contributed by atoms with Crippen LogP contribution in [0.2, 0.25) is 5.02 Å². The molecule has 0 saturated heterocycles. The average Bonchev–Trinajstić information content (AvgIpc) is 3.53. The summed E-state index contributed by atoms with van der Waals surface area (Å²) in [6.45, 7) is 0.559. The van der Waals surface area contributed by atoms with Crippen LogP contribution in [0.3, 0.4) is 0 Å². The fourth-order valence-corrected chi connectivity index (χ4v) is 6.67. The van der Waals surface area contributed by atoms with E-state index in [1.165, 1.54) is 6.42 Å². The van der Waals surface area contributed by atoms with Crippen molar-refractivity contribution < 1.29 is 19.4 Å². The summed E-state index contributed by atoms with van der Waals surface area (Å²) < 4.78 is 8.61. The lowest BCUT2D eigenvalue weighted by molar-refractivity contribution is 0.0696. The lowest BCUT2D eigenvalue weighted by atomic mass is 9.95. The number of imidazole rings is 1. The molecule has 4 aromatic carbocycles. The molecule has 2 N–H and O–H groups in total. The number of rotatable bonds is 10. The van der Waals surface area contributed by atoms with Crippen molar-refractivity contribution in [3.63, 3.8) is 0 Å². The largest absolute Gasteiger partial charge is 0.489 e. The third-order valence-electron chi connectivity index (χ3n) is 9.06. The van der Waals surface area contributed by atoms with Gasteiger partial charge >= 0.3 is 5.97 Å². The van der Waals surface area contributed by atoms with Crippen LogP contribution < -0.4 is 10.1 Å². The monoisotopic (exact) mass is 742 g/mol. The van der Waals surface area contributed by atoms with Gasteiger partial charge in [0.2, 0.25) is 0 Å². The number of aromatic carboxylic acids is 1. The highest BCUT2D eigenvalue weighted by atomic mass is 35.5. The second kappa shape index (κ2) is 16.9. The van der Waals surface area contributed by atoms with Crippen LogP contribution in [0.15, 0.2) is 109 Å². The minimum atomic E-state index is -0.966. The Morgan fingerprint density at radius 2 is 1.57 bits per heavy atom. The topological polar surface area (TPSA) is 106 Å². The van der Waals surface area contributed by atoms with Gasteiger partial charge in [0.15, 0.2) is 0 Å². The van der Waals surface area contributed by atoms with E-state index in [2.05, 4.69) is 14.9 Å². The van der Waals surface area contributed by atoms with E-state index < -0.39 is 5.97 Å². The van der Waals surface area contributed by atoms with E-state index in [1.54, 1.807) is 18.3 Å². The number of fused-ring (bicyclic) bond motifs is 1. The van der Waals surface area contributed by atoms with Crippen LogP contribution in [0.5, 0.6) is 5.75 Å². The van der Waals surface area contributed by atoms with E-state index in [0.29, 0.717) is 34.4 Å². The molecule has 0 radical (unpaired) electrons. The molecule has 2 aromatic heterocycles. The number of aromatic nitrogens is 3. The Kier molecular flexibility index (Phi) is 12.4. The quantitative estimate of drug-likeness (QED) is 0.145. The number of pyridine rings is 1. The number of hydrogen-bond donors (Lipinski definition) is 2. The number of carboxylic acids is 1. The number of hydrogen-bond acceptors (Lipinski definition) is 5. The highest BCUT2D eigenvalue weighted by Gasteiger charge is 2.23. The van der Waals surface area contributed by atoms with Crippen molar-refractivity contribution in [2.75, 3.05) is 0 Å². The van der Waals surface area contributed by atoms with Gasteiger partial charge < -0.3 is 19.7 Å². The predicted molar refractivity (Wildman–Crippen MR) is 205 cm³/mol. The molecule has 1 fully saturated rings. The van der Waals surface area contributed by atoms with Crippen molar-refractivity contribution in [2.24, 2.45) is 0 Å². The van der Waals surface area contributed by atoms with Gasteiger partial charge in [-0.05, 0) is 108 Å². The normalized spacial score (nSPS) is 12.8. The number of carbonyl (C=O) groups excluding carboxylic acids is 1. The molecular formula is C40H37Cl3N4O4. The van der Waals surface area contributed by atoms with Crippen LogP contribution in [0.1, 0.15) is 70.1 Å². The molecule has 0 spiro atoms. The molecular weight excluding hydrogens is 707 g/mol. The number of benzene rings is 4. The average molecular weight is 744 g/mol. The molecule has 51 heavy (non-hydrogen) atoms. The summed E-state index contributed by atoms with van der Waals surface area (Å²) in [4.78, 5) is 34.0. The molecule has 2 heterocycles. The lowest BCUT2D eigenvalue weighted by Crippen LogP contribution is -2.23. The summed E-state index contributed by atoms with van der Waals surface area (Å²) in [5.74, 6) is 0.331. The zero-order valence-electron chi connectivity index (χ0n) is 27.6. The van der Waals surface area contributed by atoms with Crippen LogP contribution in [0.25, 0.3) is 33.5 Å². The maximum absolute atomic E-state index is 13.1. The minimum Gasteiger partial charge on any atom is -0.489 e. The number of carboxylic acid groups (broad SMARTS) is 1. The van der Waals surface area contributed by atoms with Crippen molar-refractivity contribution in [2.45, 2.75) is 51.3 Å². The fraction of sp³-hybridized carbons (Fsp3) is 0.200. The maximum Gasteiger partial charge on any atom is 0.335 e. The molecule has 262 valence electrons. The predicted octanol–water partition coefficient (Wildman–Crippen LogP) is 9.97. The molecule has 1 amide bonds. The number of halogens is 3. The molecule has 1 saturated carbocycles. The molecule has 6 aromatic rings. The van der Waals surface area contributed by atoms with Gasteiger partial charge in [-0.3, -0.25) is 9.78 Å². The second-order valence-corrected chi connectivity index (χ2v) is 12.7. The Morgan fingerprint density at radius 1 is 0.843 bits per heavy atom. The first-order chi connectivity index (χ1) is 23.9. The molecule has 0 aliphatic heterocycles. The van der Waals surface area contributed by atoms with Crippen LogP contribution in [-0.4, -0.2) is 31.5 Å². The Bertz CT molecular complexity index is 2120. The van der Waals surface area contributed by atoms with Crippen molar-refractivity contribution in [3.05, 3.63) is 137 Å². The van der Waals surface area contributed by atoms with Crippen LogP contribution in [0.4, 0.5) is 0 Å². The maximum atomic E-state index is 13.1. The molecule has 11 heteroatoms. The van der Waals surface area contributed by atoms with Crippen molar-refractivity contribution in [1.82, 2.24) is 19.9 Å². The number of carbonyl (C=O) groups is 2. The molecule has 1 aliphatic rings. The Morgan fingerprint density at radius 3 is 2.27 bits per heavy atom. The Balaban J connectivity index is 0.00000252. The van der Waals surface area contributed by atoms with Crippen molar-refractivity contribution >= 4 is 59.3 Å². The summed E-state index contributed by atoms with van der Waals surface area (Å²) in [6, 6.07) is 32.1. The molecule has 0 unspecified atom stereocenters. The zero-order valence-corrected chi connectivity index (χ0v) is 30.0. The lowest BCUT2D eigenvalue weighted by Gasteiger charge is -2.25. The van der Waals surface area contributed by atoms with E-state index in [9.17, 15) is 14.7 Å². The molecule has 1 aliphatic carbocycles. The number of ether oxygens (including phenoxy) is 1. The molecule has 7 rings (SSSR count). The van der Waals surface area contributed by atoms with E-state index in [1.807, 2.05) is 91.0 Å². The fourth-order valence-electron chi connectivity index (χ4n) is 6.55. The summed E-state index contributed by atoms with van der Waals surface area (Å²) in [7, 11) is 0. The summed E-state index contributed by atoms with van der Waals surface area (Å²) in [6.07, 6.45) is 7.39. The summed E-state index contributed by atoms with van der Waals surface area (Å²) in [5, 5.41) is 13.2. The summed E-state index contributed by atoms with van der Waals surface area (Å²) in [5.41, 5.74) is 6.84. The SMILES string of the molecule is Cl.Cl.O=C(O)c1ccc2c(c1)nc(-c1ccc(OCc3cc(C(=O)NCc4ccccn4)ccc3-c3ccc(Cl)cc3)cc1)n2C1CCCCC1. The zero-order chi connectivity index (χ0) is 33.7. The van der Waals surface area contributed by atoms with Gasteiger partial charge in [-0.2, -0.15) is 0 Å². The number of nitrogens with zero attached hydrogens (tertiary/aromatic N) is 3. The summed E-state index contributed by atoms with van der Waals surface area (Å²) >= 11 is 6.17. The first-order valence-corrected chi connectivity index (χ1v) is 16.9. The molecule has 0 atom stereocenters. The standard InChI is InChI=1S/C40H35ClN4O4.2ClH/c41-31-15-9-26(10-16-31)35-19-13-28(39(46)43-24-32-6-4-5-21-42-32)22-30(35)25-49-34-17-11-27(12-18-34)38-44-36-23-29(40(47)48)14-20-37(36)45(38)33-7-2-1-3-8-33;;/h4-6,9-23,33H,1-3,7-8,24-25H2,(H,43,46)(H,47,48);2*1H. The number of amides is 1. The third-order valence-corrected chi connectivity index (χ3v) is 9.31. The van der Waals surface area contributed by atoms with Gasteiger partial charge in [-0.25, -0.2) is 9.78 Å². The Hall–Kier alpha value is -4.89. The van der Waals surface area contributed by atoms with Gasteiger partial charge in [0.25, 0.3) is 5.91 Å². The highest BCUT2D eigenvalue weighted by molar-refractivity contribution is 6.30. The molecule has 8 nitrogen and oxygen atoms in total. The van der Waals surface area contributed by atoms with Gasteiger partial charge in [0.05, 0.1) is 28.8 Å². The number of nitrogens with one attached hydrogen (secondary N) is 1. The van der Waals surface area contributed by atoms with E-state index in [4.69, 9.17) is 21.3 Å². The van der Waals surface area contributed by atoms with E-state index >= 15 is 0 Å². The van der Waals surface area contributed by atoms with Gasteiger partial charge in [0, 0.05) is 28.4 Å². The van der Waals surface area contributed by atoms with Gasteiger partial charge in [-0.15, -0.1) is 24.8 Å².